The van der Waals surface area contributed by atoms with Crippen molar-refractivity contribution in [1.82, 2.24) is 15.0 Å². The first kappa shape index (κ1) is 16.5. The van der Waals surface area contributed by atoms with E-state index in [-0.39, 0.29) is 28.2 Å². The molecule has 1 aromatic rings. The van der Waals surface area contributed by atoms with E-state index in [1.54, 1.807) is 13.8 Å². The summed E-state index contributed by atoms with van der Waals surface area (Å²) in [6, 6.07) is 2.70. The molecule has 0 fully saturated rings. The summed E-state index contributed by atoms with van der Waals surface area (Å²) in [5.41, 5.74) is 5.43. The Morgan fingerprint density at radius 1 is 1.50 bits per heavy atom. The minimum atomic E-state index is -3.91. The third kappa shape index (κ3) is 4.51. The van der Waals surface area contributed by atoms with Gasteiger partial charge in [-0.2, -0.15) is 0 Å². The predicted octanol–water partition coefficient (Wildman–Crippen LogP) is -0.481. The lowest BCUT2D eigenvalue weighted by Gasteiger charge is -2.11. The highest BCUT2D eigenvalue weighted by Crippen LogP contribution is 2.12. The zero-order valence-electron chi connectivity index (χ0n) is 11.1. The van der Waals surface area contributed by atoms with Crippen molar-refractivity contribution in [3.8, 4) is 0 Å². The van der Waals surface area contributed by atoms with Crippen molar-refractivity contribution in [2.75, 3.05) is 6.54 Å². The maximum atomic E-state index is 12.1. The van der Waals surface area contributed by atoms with E-state index in [4.69, 9.17) is 18.0 Å². The second-order valence-corrected chi connectivity index (χ2v) is 6.44. The van der Waals surface area contributed by atoms with Gasteiger partial charge in [0.05, 0.1) is 6.54 Å². The highest BCUT2D eigenvalue weighted by molar-refractivity contribution is 7.89. The van der Waals surface area contributed by atoms with Crippen LogP contribution in [0.4, 0.5) is 0 Å². The fourth-order valence-electron chi connectivity index (χ4n) is 1.40. The quantitative estimate of drug-likeness (QED) is 0.611. The lowest BCUT2D eigenvalue weighted by molar-refractivity contribution is -0.120. The molecule has 0 aromatic carbocycles. The zero-order chi connectivity index (χ0) is 15.3. The second-order valence-electron chi connectivity index (χ2n) is 4.26. The van der Waals surface area contributed by atoms with Gasteiger partial charge in [-0.05, 0) is 26.0 Å². The molecule has 0 aliphatic carbocycles. The van der Waals surface area contributed by atoms with E-state index in [9.17, 15) is 13.2 Å². The summed E-state index contributed by atoms with van der Waals surface area (Å²) >= 11 is 4.75. The molecule has 110 valence electrons. The third-order valence-corrected chi connectivity index (χ3v) is 3.79. The maximum Gasteiger partial charge on any atom is 0.243 e. The van der Waals surface area contributed by atoms with Crippen LogP contribution in [0.2, 0.25) is 0 Å². The molecular weight excluding hydrogens is 300 g/mol. The molecule has 0 saturated carbocycles. The standard InChI is InChI=1S/C11H16N4O3S2/c1-7(2)15-9(16)6-14-20(17,18)8-4-3-5-13-10(8)11(12)19/h3-5,7,14H,6H2,1-2H3,(H2,12,19)(H,15,16). The van der Waals surface area contributed by atoms with Crippen LogP contribution < -0.4 is 15.8 Å². The highest BCUT2D eigenvalue weighted by Gasteiger charge is 2.21. The van der Waals surface area contributed by atoms with Crippen LogP contribution in [0.5, 0.6) is 0 Å². The molecule has 1 rings (SSSR count). The highest BCUT2D eigenvalue weighted by atomic mass is 32.2. The van der Waals surface area contributed by atoms with E-state index in [0.29, 0.717) is 0 Å². The predicted molar refractivity (Wildman–Crippen MR) is 78.6 cm³/mol. The van der Waals surface area contributed by atoms with Gasteiger partial charge in [0.25, 0.3) is 0 Å². The minimum Gasteiger partial charge on any atom is -0.388 e. The van der Waals surface area contributed by atoms with Crippen molar-refractivity contribution in [2.45, 2.75) is 24.8 Å². The molecule has 4 N–H and O–H groups in total. The van der Waals surface area contributed by atoms with E-state index >= 15 is 0 Å². The van der Waals surface area contributed by atoms with Gasteiger partial charge in [-0.1, -0.05) is 12.2 Å². The van der Waals surface area contributed by atoms with Crippen LogP contribution >= 0.6 is 12.2 Å². The number of sulfonamides is 1. The number of nitrogens with zero attached hydrogens (tertiary/aromatic N) is 1. The van der Waals surface area contributed by atoms with Crippen molar-refractivity contribution < 1.29 is 13.2 Å². The Labute approximate surface area is 123 Å². The number of hydrogen-bond acceptors (Lipinski definition) is 5. The Balaban J connectivity index is 2.90. The molecule has 1 heterocycles. The second kappa shape index (κ2) is 6.73. The number of carbonyl (C=O) groups is 1. The molecule has 20 heavy (non-hydrogen) atoms. The fourth-order valence-corrected chi connectivity index (χ4v) is 2.78. The molecule has 9 heteroatoms. The molecule has 1 amide bonds. The first-order valence-electron chi connectivity index (χ1n) is 5.78. The lowest BCUT2D eigenvalue weighted by Crippen LogP contribution is -2.40. The van der Waals surface area contributed by atoms with Gasteiger partial charge in [-0.25, -0.2) is 13.1 Å². The van der Waals surface area contributed by atoms with Gasteiger partial charge in [0.2, 0.25) is 15.9 Å². The molecule has 0 aliphatic heterocycles. The Morgan fingerprint density at radius 2 is 2.15 bits per heavy atom. The topological polar surface area (TPSA) is 114 Å². The van der Waals surface area contributed by atoms with Gasteiger partial charge in [0.15, 0.2) is 0 Å². The Kier molecular flexibility index (Phi) is 5.54. The Hall–Kier alpha value is -1.58. The first-order chi connectivity index (χ1) is 9.24. The van der Waals surface area contributed by atoms with Gasteiger partial charge >= 0.3 is 0 Å². The third-order valence-electron chi connectivity index (χ3n) is 2.17. The van der Waals surface area contributed by atoms with Crippen molar-refractivity contribution in [3.05, 3.63) is 24.0 Å². The number of hydrogen-bond donors (Lipinski definition) is 3. The summed E-state index contributed by atoms with van der Waals surface area (Å²) in [5.74, 6) is -0.427. The van der Waals surface area contributed by atoms with E-state index in [1.165, 1.54) is 18.3 Å². The lowest BCUT2D eigenvalue weighted by atomic mass is 10.3. The molecule has 7 nitrogen and oxygen atoms in total. The summed E-state index contributed by atoms with van der Waals surface area (Å²) in [4.78, 5) is 15.0. The fraction of sp³-hybridized carbons (Fsp3) is 0.364. The monoisotopic (exact) mass is 316 g/mol. The van der Waals surface area contributed by atoms with Gasteiger partial charge in [-0.15, -0.1) is 0 Å². The van der Waals surface area contributed by atoms with Crippen molar-refractivity contribution >= 4 is 33.1 Å². The average Bonchev–Trinajstić information content (AvgIpc) is 2.36. The maximum absolute atomic E-state index is 12.1. The molecular formula is C11H16N4O3S2. The number of aromatic nitrogens is 1. The molecule has 0 saturated heterocycles. The first-order valence-corrected chi connectivity index (χ1v) is 7.67. The van der Waals surface area contributed by atoms with E-state index in [1.807, 2.05) is 0 Å². The number of carbonyl (C=O) groups excluding carboxylic acids is 1. The van der Waals surface area contributed by atoms with Crippen LogP contribution in [0.3, 0.4) is 0 Å². The van der Waals surface area contributed by atoms with E-state index < -0.39 is 15.9 Å². The van der Waals surface area contributed by atoms with Gasteiger partial charge in [0, 0.05) is 12.2 Å². The smallest absolute Gasteiger partial charge is 0.243 e. The molecule has 0 aliphatic rings. The summed E-state index contributed by atoms with van der Waals surface area (Å²) in [6.45, 7) is 3.18. The minimum absolute atomic E-state index is 0.000678. The Morgan fingerprint density at radius 3 is 2.70 bits per heavy atom. The number of thiocarbonyl (C=S) groups is 1. The molecule has 1 aromatic heterocycles. The van der Waals surface area contributed by atoms with Gasteiger partial charge in [-0.3, -0.25) is 9.78 Å². The zero-order valence-corrected chi connectivity index (χ0v) is 12.7. The largest absolute Gasteiger partial charge is 0.388 e. The van der Waals surface area contributed by atoms with Crippen molar-refractivity contribution in [2.24, 2.45) is 5.73 Å². The number of nitrogens with one attached hydrogen (secondary N) is 2. The molecule has 0 radical (unpaired) electrons. The SMILES string of the molecule is CC(C)NC(=O)CNS(=O)(=O)c1cccnc1C(N)=S. The van der Waals surface area contributed by atoms with E-state index in [2.05, 4.69) is 15.0 Å². The van der Waals surface area contributed by atoms with Crippen LogP contribution in [0.1, 0.15) is 19.5 Å². The van der Waals surface area contributed by atoms with Crippen molar-refractivity contribution in [1.29, 1.82) is 0 Å². The van der Waals surface area contributed by atoms with Crippen LogP contribution in [0.15, 0.2) is 23.2 Å². The molecule has 0 atom stereocenters. The van der Waals surface area contributed by atoms with Crippen LogP contribution in [-0.2, 0) is 14.8 Å². The molecule has 0 spiro atoms. The summed E-state index contributed by atoms with van der Waals surface area (Å²) in [6.07, 6.45) is 1.39. The van der Waals surface area contributed by atoms with Crippen LogP contribution in [0, 0.1) is 0 Å². The van der Waals surface area contributed by atoms with Gasteiger partial charge in [0.1, 0.15) is 15.6 Å². The summed E-state index contributed by atoms with van der Waals surface area (Å²) < 4.78 is 26.4. The number of pyridine rings is 1. The van der Waals surface area contributed by atoms with E-state index in [0.717, 1.165) is 0 Å². The van der Waals surface area contributed by atoms with Crippen LogP contribution in [-0.4, -0.2) is 36.9 Å². The Bertz CT molecular complexity index is 614. The average molecular weight is 316 g/mol. The normalized spacial score (nSPS) is 11.3. The number of amides is 1. The number of rotatable bonds is 6. The number of nitrogens with two attached hydrogens (primary N) is 1. The molecule has 0 bridgehead atoms. The summed E-state index contributed by atoms with van der Waals surface area (Å²) in [7, 11) is -3.91. The van der Waals surface area contributed by atoms with Gasteiger partial charge < -0.3 is 11.1 Å². The molecule has 0 unspecified atom stereocenters. The van der Waals surface area contributed by atoms with Crippen LogP contribution in [0.25, 0.3) is 0 Å². The van der Waals surface area contributed by atoms with Crippen molar-refractivity contribution in [3.63, 3.8) is 0 Å². The summed E-state index contributed by atoms with van der Waals surface area (Å²) in [5, 5.41) is 2.57.